The highest BCUT2D eigenvalue weighted by molar-refractivity contribution is 5.94. The van der Waals surface area contributed by atoms with Gasteiger partial charge in [0.15, 0.2) is 0 Å². The highest BCUT2D eigenvalue weighted by Crippen LogP contribution is 2.14. The van der Waals surface area contributed by atoms with Gasteiger partial charge >= 0.3 is 0 Å². The summed E-state index contributed by atoms with van der Waals surface area (Å²) in [6.07, 6.45) is 5.88. The lowest BCUT2D eigenvalue weighted by Gasteiger charge is -2.24. The predicted molar refractivity (Wildman–Crippen MR) is 70.1 cm³/mol. The first-order chi connectivity index (χ1) is 8.81. The average Bonchev–Trinajstić information content (AvgIpc) is 2.38. The number of rotatable bonds is 1. The molecule has 0 saturated carbocycles. The van der Waals surface area contributed by atoms with E-state index in [1.54, 1.807) is 24.3 Å². The van der Waals surface area contributed by atoms with E-state index in [1.165, 1.54) is 19.3 Å². The first kappa shape index (κ1) is 12.6. The summed E-state index contributed by atoms with van der Waals surface area (Å²) in [4.78, 5) is 14.3. The molecule has 0 N–H and O–H groups in total. The smallest absolute Gasteiger partial charge is 0.253 e. The van der Waals surface area contributed by atoms with Gasteiger partial charge in [-0.05, 0) is 31.0 Å². The molecule has 1 aliphatic rings. The summed E-state index contributed by atoms with van der Waals surface area (Å²) in [5, 5.41) is 8.86. The first-order valence-corrected chi connectivity index (χ1v) is 6.61. The Morgan fingerprint density at radius 1 is 1.11 bits per heavy atom. The van der Waals surface area contributed by atoms with E-state index in [0.29, 0.717) is 11.1 Å². The maximum Gasteiger partial charge on any atom is 0.253 e. The summed E-state index contributed by atoms with van der Waals surface area (Å²) in [7, 11) is 0. The molecule has 94 valence electrons. The minimum absolute atomic E-state index is 0.0639. The van der Waals surface area contributed by atoms with Crippen molar-refractivity contribution < 1.29 is 4.79 Å². The summed E-state index contributed by atoms with van der Waals surface area (Å²) >= 11 is 0. The molecule has 0 radical (unpaired) electrons. The van der Waals surface area contributed by atoms with E-state index in [9.17, 15) is 4.79 Å². The van der Waals surface area contributed by atoms with Crippen LogP contribution in [0.2, 0.25) is 0 Å². The highest BCUT2D eigenvalue weighted by Gasteiger charge is 2.16. The van der Waals surface area contributed by atoms with Crippen LogP contribution in [0.25, 0.3) is 0 Å². The van der Waals surface area contributed by atoms with Crippen LogP contribution in [0.5, 0.6) is 0 Å². The zero-order valence-corrected chi connectivity index (χ0v) is 10.6. The van der Waals surface area contributed by atoms with Gasteiger partial charge in [-0.3, -0.25) is 4.79 Å². The minimum atomic E-state index is 0.0639. The fourth-order valence-corrected chi connectivity index (χ4v) is 2.35. The number of likely N-dealkylation sites (tertiary alicyclic amines) is 1. The number of hydrogen-bond acceptors (Lipinski definition) is 2. The molecule has 3 heteroatoms. The number of nitrogens with zero attached hydrogens (tertiary/aromatic N) is 2. The number of benzene rings is 1. The molecule has 0 atom stereocenters. The molecule has 18 heavy (non-hydrogen) atoms. The molecule has 1 saturated heterocycles. The van der Waals surface area contributed by atoms with Crippen molar-refractivity contribution in [3.63, 3.8) is 0 Å². The average molecular weight is 242 g/mol. The summed E-state index contributed by atoms with van der Waals surface area (Å²) in [6.45, 7) is 1.69. The minimum Gasteiger partial charge on any atom is -0.339 e. The normalized spacial score (nSPS) is 16.5. The largest absolute Gasteiger partial charge is 0.339 e. The van der Waals surface area contributed by atoms with Gasteiger partial charge in [-0.2, -0.15) is 5.26 Å². The van der Waals surface area contributed by atoms with Crippen LogP contribution >= 0.6 is 0 Å². The molecule has 1 aromatic carbocycles. The Hall–Kier alpha value is -1.82. The van der Waals surface area contributed by atoms with Crippen LogP contribution in [-0.4, -0.2) is 23.9 Å². The molecule has 1 aliphatic heterocycles. The van der Waals surface area contributed by atoms with Crippen molar-refractivity contribution >= 4 is 5.91 Å². The zero-order valence-electron chi connectivity index (χ0n) is 10.6. The molecule has 0 unspecified atom stereocenters. The Morgan fingerprint density at radius 3 is 2.44 bits per heavy atom. The third-order valence-corrected chi connectivity index (χ3v) is 3.38. The van der Waals surface area contributed by atoms with E-state index >= 15 is 0 Å². The molecule has 0 spiro atoms. The van der Waals surface area contributed by atoms with E-state index in [-0.39, 0.29) is 5.91 Å². The van der Waals surface area contributed by atoms with E-state index in [0.717, 1.165) is 25.9 Å². The summed E-state index contributed by atoms with van der Waals surface area (Å²) < 4.78 is 0. The van der Waals surface area contributed by atoms with Gasteiger partial charge in [0.2, 0.25) is 0 Å². The van der Waals surface area contributed by atoms with Crippen molar-refractivity contribution in [2.75, 3.05) is 13.1 Å². The Kier molecular flexibility index (Phi) is 4.35. The van der Waals surface area contributed by atoms with Crippen LogP contribution in [0.1, 0.15) is 48.0 Å². The van der Waals surface area contributed by atoms with Gasteiger partial charge in [-0.25, -0.2) is 0 Å². The van der Waals surface area contributed by atoms with Crippen molar-refractivity contribution in [3.8, 4) is 6.07 Å². The topological polar surface area (TPSA) is 44.1 Å². The van der Waals surface area contributed by atoms with Crippen LogP contribution in [0.15, 0.2) is 24.3 Å². The Bertz CT molecular complexity index is 454. The molecule has 0 bridgehead atoms. The van der Waals surface area contributed by atoms with Gasteiger partial charge in [0.1, 0.15) is 0 Å². The van der Waals surface area contributed by atoms with Crippen molar-refractivity contribution in [3.05, 3.63) is 35.4 Å². The third-order valence-electron chi connectivity index (χ3n) is 3.38. The Balaban J connectivity index is 2.11. The van der Waals surface area contributed by atoms with Crippen molar-refractivity contribution in [1.82, 2.24) is 4.90 Å². The van der Waals surface area contributed by atoms with E-state index in [1.807, 2.05) is 4.90 Å². The molecule has 0 aliphatic carbocycles. The molecule has 1 fully saturated rings. The quantitative estimate of drug-likeness (QED) is 0.760. The standard InChI is InChI=1S/C15H18N2O/c16-12-13-7-6-8-14(11-13)15(18)17-9-4-2-1-3-5-10-17/h6-8,11H,1-5,9-10H2. The Morgan fingerprint density at radius 2 is 1.78 bits per heavy atom. The fraction of sp³-hybridized carbons (Fsp3) is 0.467. The number of amides is 1. The number of carbonyl (C=O) groups is 1. The second-order valence-electron chi connectivity index (χ2n) is 4.75. The van der Waals surface area contributed by atoms with Gasteiger partial charge in [0.25, 0.3) is 5.91 Å². The van der Waals surface area contributed by atoms with Gasteiger partial charge in [-0.1, -0.05) is 25.3 Å². The predicted octanol–water partition coefficient (Wildman–Crippen LogP) is 2.96. The van der Waals surface area contributed by atoms with Crippen LogP contribution < -0.4 is 0 Å². The lowest BCUT2D eigenvalue weighted by atomic mass is 10.1. The maximum absolute atomic E-state index is 12.3. The van der Waals surface area contributed by atoms with E-state index < -0.39 is 0 Å². The summed E-state index contributed by atoms with van der Waals surface area (Å²) in [5.41, 5.74) is 1.18. The maximum atomic E-state index is 12.3. The van der Waals surface area contributed by atoms with Crippen LogP contribution in [0.4, 0.5) is 0 Å². The lowest BCUT2D eigenvalue weighted by Crippen LogP contribution is -2.33. The second-order valence-corrected chi connectivity index (χ2v) is 4.75. The second kappa shape index (κ2) is 6.20. The molecule has 3 nitrogen and oxygen atoms in total. The van der Waals surface area contributed by atoms with Gasteiger partial charge in [0, 0.05) is 18.7 Å². The molecule has 1 aromatic rings. The number of hydrogen-bond donors (Lipinski definition) is 0. The Labute approximate surface area is 108 Å². The zero-order chi connectivity index (χ0) is 12.8. The van der Waals surface area contributed by atoms with Crippen LogP contribution in [-0.2, 0) is 0 Å². The molecular formula is C15H18N2O. The highest BCUT2D eigenvalue weighted by atomic mass is 16.2. The summed E-state index contributed by atoms with van der Waals surface area (Å²) in [5.74, 6) is 0.0639. The van der Waals surface area contributed by atoms with Crippen molar-refractivity contribution in [1.29, 1.82) is 5.26 Å². The van der Waals surface area contributed by atoms with Crippen LogP contribution in [0.3, 0.4) is 0 Å². The fourth-order valence-electron chi connectivity index (χ4n) is 2.35. The van der Waals surface area contributed by atoms with Crippen LogP contribution in [0, 0.1) is 11.3 Å². The van der Waals surface area contributed by atoms with E-state index in [2.05, 4.69) is 6.07 Å². The third kappa shape index (κ3) is 3.10. The SMILES string of the molecule is N#Cc1cccc(C(=O)N2CCCCCCC2)c1. The molecule has 2 rings (SSSR count). The molecule has 1 heterocycles. The first-order valence-electron chi connectivity index (χ1n) is 6.61. The van der Waals surface area contributed by atoms with Gasteiger partial charge in [0.05, 0.1) is 11.6 Å². The van der Waals surface area contributed by atoms with Crippen molar-refractivity contribution in [2.24, 2.45) is 0 Å². The number of carbonyl (C=O) groups excluding carboxylic acids is 1. The molecule has 1 amide bonds. The van der Waals surface area contributed by atoms with Crippen molar-refractivity contribution in [2.45, 2.75) is 32.1 Å². The van der Waals surface area contributed by atoms with Gasteiger partial charge < -0.3 is 4.90 Å². The summed E-state index contributed by atoms with van der Waals surface area (Å²) in [6, 6.07) is 9.05. The van der Waals surface area contributed by atoms with Gasteiger partial charge in [-0.15, -0.1) is 0 Å². The lowest BCUT2D eigenvalue weighted by molar-refractivity contribution is 0.0742. The molecular weight excluding hydrogens is 224 g/mol. The number of nitriles is 1. The monoisotopic (exact) mass is 242 g/mol. The molecule has 0 aromatic heterocycles. The van der Waals surface area contributed by atoms with E-state index in [4.69, 9.17) is 5.26 Å².